The Morgan fingerprint density at radius 2 is 1.09 bits per heavy atom. The highest BCUT2D eigenvalue weighted by molar-refractivity contribution is 7.85. The average molecular weight is 624 g/mol. The number of aliphatic hydroxyl groups excluding tert-OH is 1. The molecule has 2 atom stereocenters. The van der Waals surface area contributed by atoms with Gasteiger partial charge in [0.2, 0.25) is 5.91 Å². The summed E-state index contributed by atoms with van der Waals surface area (Å²) in [5.41, 5.74) is 0. The monoisotopic (exact) mass is 623 g/mol. The third-order valence-electron chi connectivity index (χ3n) is 7.48. The Bertz CT molecular complexity index is 863. The van der Waals surface area contributed by atoms with E-state index < -0.39 is 28.0 Å². The highest BCUT2D eigenvalue weighted by atomic mass is 32.2. The second kappa shape index (κ2) is 30.3. The van der Waals surface area contributed by atoms with Gasteiger partial charge >= 0.3 is 0 Å². The highest BCUT2D eigenvalue weighted by Gasteiger charge is 2.24. The van der Waals surface area contributed by atoms with E-state index in [1.165, 1.54) is 76.7 Å². The molecule has 0 aliphatic carbocycles. The van der Waals surface area contributed by atoms with Gasteiger partial charge in [-0.1, -0.05) is 140 Å². The second-order valence-corrected chi connectivity index (χ2v) is 13.3. The maximum atomic E-state index is 12.4. The van der Waals surface area contributed by atoms with Crippen LogP contribution in [0.3, 0.4) is 0 Å². The Balaban J connectivity index is 4.12. The first kappa shape index (κ1) is 41.3. The third-order valence-corrected chi connectivity index (χ3v) is 8.26. The molecule has 43 heavy (non-hydrogen) atoms. The molecule has 0 spiro atoms. The zero-order chi connectivity index (χ0) is 31.9. The van der Waals surface area contributed by atoms with E-state index in [0.717, 1.165) is 51.4 Å². The molecule has 0 rings (SSSR count). The van der Waals surface area contributed by atoms with Crippen LogP contribution in [0.1, 0.15) is 155 Å². The van der Waals surface area contributed by atoms with Crippen LogP contribution in [0.4, 0.5) is 0 Å². The van der Waals surface area contributed by atoms with Gasteiger partial charge in [0.05, 0.1) is 17.9 Å². The van der Waals surface area contributed by atoms with E-state index in [1.807, 2.05) is 0 Å². The zero-order valence-corrected chi connectivity index (χ0v) is 28.4. The van der Waals surface area contributed by atoms with E-state index in [0.29, 0.717) is 12.8 Å². The van der Waals surface area contributed by atoms with E-state index in [9.17, 15) is 22.9 Å². The SMILES string of the molecule is CCCC/C=C\C/C=C\CCCCCCCC(=O)NC(CS(=O)(=O)O)C(O)/C=C/CC/C=C/CCCCCCCCCC. The lowest BCUT2D eigenvalue weighted by Gasteiger charge is -2.21. The van der Waals surface area contributed by atoms with Crippen LogP contribution in [0, 0.1) is 0 Å². The van der Waals surface area contributed by atoms with Crippen LogP contribution in [-0.4, -0.2) is 41.9 Å². The Labute approximate surface area is 265 Å². The molecular weight excluding hydrogens is 558 g/mol. The van der Waals surface area contributed by atoms with E-state index in [2.05, 4.69) is 55.6 Å². The van der Waals surface area contributed by atoms with E-state index in [-0.39, 0.29) is 12.3 Å². The van der Waals surface area contributed by atoms with Crippen molar-refractivity contribution >= 4 is 16.0 Å². The predicted molar refractivity (Wildman–Crippen MR) is 184 cm³/mol. The molecule has 0 heterocycles. The molecule has 0 saturated heterocycles. The molecule has 0 saturated carbocycles. The van der Waals surface area contributed by atoms with Crippen molar-refractivity contribution in [1.82, 2.24) is 5.32 Å². The molecule has 0 aromatic heterocycles. The maximum absolute atomic E-state index is 12.4. The minimum Gasteiger partial charge on any atom is -0.387 e. The quantitative estimate of drug-likeness (QED) is 0.0420. The first-order valence-corrected chi connectivity index (χ1v) is 18.9. The number of allylic oxidation sites excluding steroid dienone is 7. The minimum absolute atomic E-state index is 0.270. The van der Waals surface area contributed by atoms with Crippen molar-refractivity contribution in [2.75, 3.05) is 5.75 Å². The second-order valence-electron chi connectivity index (χ2n) is 11.8. The van der Waals surface area contributed by atoms with Gasteiger partial charge in [0.1, 0.15) is 0 Å². The van der Waals surface area contributed by atoms with Gasteiger partial charge in [0.15, 0.2) is 0 Å². The number of carbonyl (C=O) groups excluding carboxylic acids is 1. The number of rotatable bonds is 30. The van der Waals surface area contributed by atoms with Crippen molar-refractivity contribution in [2.45, 2.75) is 167 Å². The highest BCUT2D eigenvalue weighted by Crippen LogP contribution is 2.11. The Kier molecular flexibility index (Phi) is 29.1. The largest absolute Gasteiger partial charge is 0.387 e. The summed E-state index contributed by atoms with van der Waals surface area (Å²) >= 11 is 0. The molecule has 0 aliphatic rings. The summed E-state index contributed by atoms with van der Waals surface area (Å²) in [7, 11) is -4.35. The summed E-state index contributed by atoms with van der Waals surface area (Å²) in [4.78, 5) is 12.4. The fraction of sp³-hybridized carbons (Fsp3) is 0.750. The predicted octanol–water partition coefficient (Wildman–Crippen LogP) is 9.57. The van der Waals surface area contributed by atoms with Crippen LogP contribution in [0.25, 0.3) is 0 Å². The number of hydrogen-bond donors (Lipinski definition) is 3. The van der Waals surface area contributed by atoms with Gasteiger partial charge in [-0.05, 0) is 57.8 Å². The lowest BCUT2D eigenvalue weighted by molar-refractivity contribution is -0.122. The van der Waals surface area contributed by atoms with E-state index in [4.69, 9.17) is 0 Å². The van der Waals surface area contributed by atoms with Crippen LogP contribution in [0.15, 0.2) is 48.6 Å². The molecule has 0 radical (unpaired) electrons. The molecule has 3 N–H and O–H groups in total. The molecule has 250 valence electrons. The van der Waals surface area contributed by atoms with Gasteiger partial charge in [-0.2, -0.15) is 8.42 Å². The molecule has 7 heteroatoms. The van der Waals surface area contributed by atoms with Gasteiger partial charge < -0.3 is 10.4 Å². The van der Waals surface area contributed by atoms with Gasteiger partial charge in [-0.15, -0.1) is 0 Å². The summed E-state index contributed by atoms with van der Waals surface area (Å²) in [6.07, 6.45) is 39.4. The van der Waals surface area contributed by atoms with Crippen molar-refractivity contribution < 1.29 is 22.9 Å². The first-order valence-electron chi connectivity index (χ1n) is 17.3. The summed E-state index contributed by atoms with van der Waals surface area (Å²) in [6.45, 7) is 4.45. The number of nitrogens with one attached hydrogen (secondary N) is 1. The first-order chi connectivity index (χ1) is 20.8. The number of amides is 1. The van der Waals surface area contributed by atoms with Crippen molar-refractivity contribution in [3.63, 3.8) is 0 Å². The topological polar surface area (TPSA) is 104 Å². The summed E-state index contributed by atoms with van der Waals surface area (Å²) in [5, 5.41) is 13.1. The molecule has 0 aromatic carbocycles. The lowest BCUT2D eigenvalue weighted by atomic mass is 10.1. The molecule has 6 nitrogen and oxygen atoms in total. The fourth-order valence-corrected chi connectivity index (χ4v) is 5.57. The van der Waals surface area contributed by atoms with Crippen LogP contribution in [-0.2, 0) is 14.9 Å². The summed E-state index contributed by atoms with van der Waals surface area (Å²) in [5.74, 6) is -1.02. The number of hydrogen-bond acceptors (Lipinski definition) is 4. The maximum Gasteiger partial charge on any atom is 0.267 e. The third kappa shape index (κ3) is 31.5. The van der Waals surface area contributed by atoms with Crippen LogP contribution in [0.2, 0.25) is 0 Å². The molecular formula is C36H65NO5S. The Morgan fingerprint density at radius 3 is 1.67 bits per heavy atom. The minimum atomic E-state index is -4.35. The number of carbonyl (C=O) groups is 1. The van der Waals surface area contributed by atoms with E-state index >= 15 is 0 Å². The Hall–Kier alpha value is -1.70. The van der Waals surface area contributed by atoms with Crippen LogP contribution in [0.5, 0.6) is 0 Å². The molecule has 1 amide bonds. The lowest BCUT2D eigenvalue weighted by Crippen LogP contribution is -2.46. The average Bonchev–Trinajstić information content (AvgIpc) is 2.96. The summed E-state index contributed by atoms with van der Waals surface area (Å²) < 4.78 is 32.3. The van der Waals surface area contributed by atoms with Gasteiger partial charge in [0.25, 0.3) is 10.1 Å². The molecule has 0 aliphatic heterocycles. The zero-order valence-electron chi connectivity index (χ0n) is 27.6. The normalized spacial score (nSPS) is 14.0. The number of aliphatic hydroxyl groups is 1. The molecule has 0 bridgehead atoms. The van der Waals surface area contributed by atoms with Crippen LogP contribution < -0.4 is 5.32 Å². The fourth-order valence-electron chi connectivity index (χ4n) is 4.83. The molecule has 0 fully saturated rings. The smallest absolute Gasteiger partial charge is 0.267 e. The van der Waals surface area contributed by atoms with Crippen molar-refractivity contribution in [1.29, 1.82) is 0 Å². The Morgan fingerprint density at radius 1 is 0.628 bits per heavy atom. The standard InChI is InChI=1S/C36H65NO5S/c1-3-5-7-9-11-13-15-17-19-21-23-25-27-29-31-35(38)34(33-43(40,41)42)37-36(39)32-30-28-26-24-22-20-18-16-14-12-10-8-6-4-2/h10,12,16,18,21,23,29,31,34-35,38H,3-9,11,13-15,17,19-20,22,24-28,30,32-33H2,1-2H3,(H,37,39)(H,40,41,42)/b12-10-,18-16-,23-21+,31-29+. The van der Waals surface area contributed by atoms with Gasteiger partial charge in [0, 0.05) is 6.42 Å². The van der Waals surface area contributed by atoms with Gasteiger partial charge in [-0.25, -0.2) is 0 Å². The van der Waals surface area contributed by atoms with Crippen molar-refractivity contribution in [2.24, 2.45) is 0 Å². The molecule has 2 unspecified atom stereocenters. The van der Waals surface area contributed by atoms with Crippen molar-refractivity contribution in [3.8, 4) is 0 Å². The van der Waals surface area contributed by atoms with Crippen LogP contribution >= 0.6 is 0 Å². The summed E-state index contributed by atoms with van der Waals surface area (Å²) in [6, 6.07) is -1.08. The molecule has 0 aromatic rings. The number of unbranched alkanes of at least 4 members (excludes halogenated alkanes) is 16. The van der Waals surface area contributed by atoms with E-state index in [1.54, 1.807) is 6.08 Å². The van der Waals surface area contributed by atoms with Crippen molar-refractivity contribution in [3.05, 3.63) is 48.6 Å². The van der Waals surface area contributed by atoms with Gasteiger partial charge in [-0.3, -0.25) is 9.35 Å².